The van der Waals surface area contributed by atoms with E-state index in [1.165, 1.54) is 0 Å². The summed E-state index contributed by atoms with van der Waals surface area (Å²) in [7, 11) is 1.64. The van der Waals surface area contributed by atoms with E-state index in [9.17, 15) is 4.79 Å². The number of hydrogen-bond donors (Lipinski definition) is 1. The van der Waals surface area contributed by atoms with Crippen LogP contribution in [0, 0.1) is 5.92 Å². The highest BCUT2D eigenvalue weighted by Gasteiger charge is 2.25. The van der Waals surface area contributed by atoms with Crippen LogP contribution < -0.4 is 10.2 Å². The van der Waals surface area contributed by atoms with Gasteiger partial charge in [0, 0.05) is 44.8 Å². The number of carbonyl (C=O) groups excluding carboxylic acids is 1. The second-order valence-corrected chi connectivity index (χ2v) is 4.77. The van der Waals surface area contributed by atoms with E-state index in [1.54, 1.807) is 19.5 Å². The van der Waals surface area contributed by atoms with Gasteiger partial charge in [-0.25, -0.2) is 0 Å². The second-order valence-electron chi connectivity index (χ2n) is 4.77. The van der Waals surface area contributed by atoms with E-state index >= 15 is 0 Å². The van der Waals surface area contributed by atoms with Gasteiger partial charge in [-0.2, -0.15) is 0 Å². The fourth-order valence-electron chi connectivity index (χ4n) is 2.40. The molecule has 1 aromatic heterocycles. The normalized spacial score (nSPS) is 19.2. The molecule has 1 unspecified atom stereocenters. The summed E-state index contributed by atoms with van der Waals surface area (Å²) in [6, 6.07) is 3.98. The van der Waals surface area contributed by atoms with Gasteiger partial charge in [-0.15, -0.1) is 0 Å². The summed E-state index contributed by atoms with van der Waals surface area (Å²) < 4.78 is 4.94. The molecule has 1 saturated heterocycles. The molecule has 5 nitrogen and oxygen atoms in total. The first-order chi connectivity index (χ1) is 9.31. The maximum Gasteiger partial charge on any atom is 0.224 e. The van der Waals surface area contributed by atoms with Crippen molar-refractivity contribution in [3.63, 3.8) is 0 Å². The third-order valence-electron chi connectivity index (χ3n) is 3.43. The van der Waals surface area contributed by atoms with Crippen molar-refractivity contribution in [1.82, 2.24) is 10.3 Å². The van der Waals surface area contributed by atoms with Gasteiger partial charge in [0.05, 0.1) is 12.5 Å². The van der Waals surface area contributed by atoms with Gasteiger partial charge in [0.1, 0.15) is 0 Å². The average molecular weight is 263 g/mol. The molecule has 19 heavy (non-hydrogen) atoms. The Labute approximate surface area is 114 Å². The number of methoxy groups -OCH3 is 1. The van der Waals surface area contributed by atoms with E-state index in [-0.39, 0.29) is 11.8 Å². The zero-order valence-corrected chi connectivity index (χ0v) is 11.3. The number of amides is 1. The molecule has 0 bridgehead atoms. The lowest BCUT2D eigenvalue weighted by Crippen LogP contribution is -2.43. The topological polar surface area (TPSA) is 54.5 Å². The molecular weight excluding hydrogens is 242 g/mol. The molecule has 0 aromatic carbocycles. The number of rotatable bonds is 5. The minimum absolute atomic E-state index is 0.0683. The second kappa shape index (κ2) is 7.09. The largest absolute Gasteiger partial charge is 0.383 e. The lowest BCUT2D eigenvalue weighted by molar-refractivity contribution is -0.125. The molecule has 5 heteroatoms. The average Bonchev–Trinajstić information content (AvgIpc) is 2.48. The smallest absolute Gasteiger partial charge is 0.224 e. The van der Waals surface area contributed by atoms with Crippen LogP contribution in [-0.2, 0) is 9.53 Å². The molecule has 2 rings (SSSR count). The number of piperidine rings is 1. The van der Waals surface area contributed by atoms with E-state index in [0.29, 0.717) is 13.2 Å². The Bertz CT molecular complexity index is 397. The number of nitrogens with one attached hydrogen (secondary N) is 1. The molecule has 2 heterocycles. The molecular formula is C14H21N3O2. The van der Waals surface area contributed by atoms with E-state index in [1.807, 2.05) is 12.1 Å². The van der Waals surface area contributed by atoms with E-state index in [0.717, 1.165) is 31.6 Å². The molecule has 104 valence electrons. The summed E-state index contributed by atoms with van der Waals surface area (Å²) in [6.45, 7) is 2.93. The van der Waals surface area contributed by atoms with E-state index < -0.39 is 0 Å². The first-order valence-corrected chi connectivity index (χ1v) is 6.73. The fourth-order valence-corrected chi connectivity index (χ4v) is 2.40. The third-order valence-corrected chi connectivity index (χ3v) is 3.43. The molecule has 0 aliphatic carbocycles. The van der Waals surface area contributed by atoms with Gasteiger partial charge in [0.15, 0.2) is 0 Å². The quantitative estimate of drug-likeness (QED) is 0.807. The Hall–Kier alpha value is -1.62. The first kappa shape index (κ1) is 13.8. The Balaban J connectivity index is 1.88. The lowest BCUT2D eigenvalue weighted by Gasteiger charge is -2.33. The summed E-state index contributed by atoms with van der Waals surface area (Å²) in [5.41, 5.74) is 1.14. The molecule has 0 saturated carbocycles. The standard InChI is InChI=1S/C14H21N3O2/c1-19-10-8-16-14(18)12-3-2-9-17(11-12)13-4-6-15-7-5-13/h4-7,12H,2-3,8-11H2,1H3,(H,16,18). The van der Waals surface area contributed by atoms with Crippen LogP contribution in [0.5, 0.6) is 0 Å². The number of anilines is 1. The Morgan fingerprint density at radius 1 is 1.53 bits per heavy atom. The van der Waals surface area contributed by atoms with Crippen LogP contribution in [0.4, 0.5) is 5.69 Å². The minimum Gasteiger partial charge on any atom is -0.383 e. The summed E-state index contributed by atoms with van der Waals surface area (Å²) in [5, 5.41) is 2.92. The highest BCUT2D eigenvalue weighted by Crippen LogP contribution is 2.22. The summed E-state index contributed by atoms with van der Waals surface area (Å²) >= 11 is 0. The predicted molar refractivity (Wildman–Crippen MR) is 74.1 cm³/mol. The van der Waals surface area contributed by atoms with Gasteiger partial charge >= 0.3 is 0 Å². The lowest BCUT2D eigenvalue weighted by atomic mass is 9.96. The SMILES string of the molecule is COCCNC(=O)C1CCCN(c2ccncc2)C1. The van der Waals surface area contributed by atoms with Crippen molar-refractivity contribution in [1.29, 1.82) is 0 Å². The molecule has 1 N–H and O–H groups in total. The molecule has 1 aliphatic heterocycles. The molecule has 1 aliphatic rings. The highest BCUT2D eigenvalue weighted by molar-refractivity contribution is 5.79. The minimum atomic E-state index is 0.0683. The Morgan fingerprint density at radius 3 is 3.05 bits per heavy atom. The van der Waals surface area contributed by atoms with Gasteiger partial charge in [-0.1, -0.05) is 0 Å². The van der Waals surface area contributed by atoms with Crippen LogP contribution in [0.3, 0.4) is 0 Å². The Morgan fingerprint density at radius 2 is 2.32 bits per heavy atom. The van der Waals surface area contributed by atoms with Crippen molar-refractivity contribution in [3.05, 3.63) is 24.5 Å². The van der Waals surface area contributed by atoms with E-state index in [2.05, 4.69) is 15.2 Å². The van der Waals surface area contributed by atoms with Gasteiger partial charge in [-0.3, -0.25) is 9.78 Å². The van der Waals surface area contributed by atoms with Crippen LogP contribution in [0.25, 0.3) is 0 Å². The summed E-state index contributed by atoms with van der Waals surface area (Å²) in [6.07, 6.45) is 5.58. The maximum absolute atomic E-state index is 12.0. The number of pyridine rings is 1. The van der Waals surface area contributed by atoms with Gasteiger partial charge in [0.2, 0.25) is 5.91 Å². The van der Waals surface area contributed by atoms with Crippen LogP contribution in [0.1, 0.15) is 12.8 Å². The zero-order chi connectivity index (χ0) is 13.5. The van der Waals surface area contributed by atoms with Crippen LogP contribution >= 0.6 is 0 Å². The van der Waals surface area contributed by atoms with Crippen molar-refractivity contribution >= 4 is 11.6 Å². The number of carbonyl (C=O) groups is 1. The molecule has 0 spiro atoms. The predicted octanol–water partition coefficient (Wildman–Crippen LogP) is 1.06. The van der Waals surface area contributed by atoms with Crippen LogP contribution in [0.15, 0.2) is 24.5 Å². The fraction of sp³-hybridized carbons (Fsp3) is 0.571. The maximum atomic E-state index is 12.0. The molecule has 1 amide bonds. The van der Waals surface area contributed by atoms with Crippen molar-refractivity contribution in [2.24, 2.45) is 5.92 Å². The Kier molecular flexibility index (Phi) is 5.15. The molecule has 1 atom stereocenters. The van der Waals surface area contributed by atoms with Gasteiger partial charge in [0.25, 0.3) is 0 Å². The number of ether oxygens (including phenoxy) is 1. The third kappa shape index (κ3) is 3.92. The summed E-state index contributed by atoms with van der Waals surface area (Å²) in [4.78, 5) is 18.3. The van der Waals surface area contributed by atoms with Crippen LogP contribution in [-0.4, -0.2) is 44.2 Å². The van der Waals surface area contributed by atoms with E-state index in [4.69, 9.17) is 4.74 Å². The number of hydrogen-bond acceptors (Lipinski definition) is 4. The monoisotopic (exact) mass is 263 g/mol. The number of nitrogens with zero attached hydrogens (tertiary/aromatic N) is 2. The molecule has 0 radical (unpaired) electrons. The van der Waals surface area contributed by atoms with Crippen LogP contribution in [0.2, 0.25) is 0 Å². The van der Waals surface area contributed by atoms with Crippen molar-refractivity contribution in [2.45, 2.75) is 12.8 Å². The van der Waals surface area contributed by atoms with Gasteiger partial charge < -0.3 is 15.0 Å². The zero-order valence-electron chi connectivity index (χ0n) is 11.3. The highest BCUT2D eigenvalue weighted by atomic mass is 16.5. The molecule has 1 fully saturated rings. The summed E-state index contributed by atoms with van der Waals surface area (Å²) in [5.74, 6) is 0.203. The van der Waals surface area contributed by atoms with Crippen molar-refractivity contribution in [3.8, 4) is 0 Å². The molecule has 1 aromatic rings. The van der Waals surface area contributed by atoms with Gasteiger partial charge in [-0.05, 0) is 25.0 Å². The van der Waals surface area contributed by atoms with Crippen molar-refractivity contribution < 1.29 is 9.53 Å². The first-order valence-electron chi connectivity index (χ1n) is 6.73. The number of aromatic nitrogens is 1. The van der Waals surface area contributed by atoms with Crippen molar-refractivity contribution in [2.75, 3.05) is 38.3 Å².